The molecule has 0 aliphatic heterocycles. The van der Waals surface area contributed by atoms with Gasteiger partial charge in [-0.05, 0) is 12.1 Å². The number of esters is 1. The molecule has 1 unspecified atom stereocenters. The summed E-state index contributed by atoms with van der Waals surface area (Å²) in [5, 5.41) is 9.94. The summed E-state index contributed by atoms with van der Waals surface area (Å²) in [7, 11) is 5.28. The van der Waals surface area contributed by atoms with Crippen molar-refractivity contribution in [3.63, 3.8) is 0 Å². The summed E-state index contributed by atoms with van der Waals surface area (Å²) in [5.74, 6) is -2.10. The predicted octanol–water partition coefficient (Wildman–Crippen LogP) is 1.68. The Morgan fingerprint density at radius 1 is 1.24 bits per heavy atom. The van der Waals surface area contributed by atoms with Crippen LogP contribution in [-0.4, -0.2) is 45.6 Å². The van der Waals surface area contributed by atoms with Gasteiger partial charge in [-0.3, -0.25) is 0 Å². The lowest BCUT2D eigenvalue weighted by Crippen LogP contribution is -2.50. The second-order valence-electron chi connectivity index (χ2n) is 4.48. The topological polar surface area (TPSA) is 59.0 Å². The number of nitrogens with zero attached hydrogens (tertiary/aromatic N) is 1. The van der Waals surface area contributed by atoms with Gasteiger partial charge in [-0.15, -0.1) is 0 Å². The van der Waals surface area contributed by atoms with Gasteiger partial charge in [0.1, 0.15) is 5.75 Å². The van der Waals surface area contributed by atoms with E-state index in [4.69, 9.17) is 4.74 Å². The van der Waals surface area contributed by atoms with Crippen molar-refractivity contribution in [2.24, 2.45) is 0 Å². The van der Waals surface area contributed by atoms with Crippen molar-refractivity contribution < 1.29 is 32.5 Å². The average Bonchev–Trinajstić information content (AvgIpc) is 2.43. The minimum absolute atomic E-state index is 0.272. The number of carbonyl (C=O) groups excluding carboxylic acids is 1. The monoisotopic (exact) mass is 307 g/mol. The fourth-order valence-electron chi connectivity index (χ4n) is 1.78. The van der Waals surface area contributed by atoms with Crippen LogP contribution < -0.4 is 9.64 Å². The van der Waals surface area contributed by atoms with Gasteiger partial charge in [-0.25, -0.2) is 4.79 Å². The summed E-state index contributed by atoms with van der Waals surface area (Å²) in [5.41, 5.74) is -3.97. The minimum Gasteiger partial charge on any atom is -0.496 e. The SMILES string of the molecule is COC(=O)C(O)(c1ccc(N(C)C)cc1OC)C(F)(F)F. The molecule has 0 aromatic heterocycles. The highest BCUT2D eigenvalue weighted by Gasteiger charge is 2.63. The first-order valence-corrected chi connectivity index (χ1v) is 5.83. The van der Waals surface area contributed by atoms with Crippen molar-refractivity contribution in [1.29, 1.82) is 0 Å². The third-order valence-corrected chi connectivity index (χ3v) is 2.98. The Balaban J connectivity index is 3.56. The van der Waals surface area contributed by atoms with Crippen LogP contribution in [0.2, 0.25) is 0 Å². The molecule has 0 aliphatic carbocycles. The summed E-state index contributed by atoms with van der Waals surface area (Å²) < 4.78 is 48.5. The van der Waals surface area contributed by atoms with E-state index in [9.17, 15) is 23.1 Å². The van der Waals surface area contributed by atoms with E-state index in [2.05, 4.69) is 4.74 Å². The van der Waals surface area contributed by atoms with Crippen molar-refractivity contribution in [2.45, 2.75) is 11.8 Å². The van der Waals surface area contributed by atoms with Crippen LogP contribution in [0.3, 0.4) is 0 Å². The van der Waals surface area contributed by atoms with E-state index in [-0.39, 0.29) is 5.75 Å². The number of hydrogen-bond donors (Lipinski definition) is 1. The molecule has 0 amide bonds. The van der Waals surface area contributed by atoms with Gasteiger partial charge < -0.3 is 19.5 Å². The van der Waals surface area contributed by atoms with Crippen LogP contribution in [0.4, 0.5) is 18.9 Å². The van der Waals surface area contributed by atoms with Gasteiger partial charge in [-0.1, -0.05) is 0 Å². The molecule has 1 N–H and O–H groups in total. The molecule has 118 valence electrons. The third-order valence-electron chi connectivity index (χ3n) is 2.98. The van der Waals surface area contributed by atoms with E-state index in [1.807, 2.05) is 0 Å². The van der Waals surface area contributed by atoms with E-state index < -0.39 is 23.3 Å². The van der Waals surface area contributed by atoms with Gasteiger partial charge in [0, 0.05) is 31.4 Å². The maximum Gasteiger partial charge on any atom is 0.432 e. The van der Waals surface area contributed by atoms with Crippen LogP contribution in [-0.2, 0) is 15.1 Å². The van der Waals surface area contributed by atoms with Gasteiger partial charge in [0.15, 0.2) is 0 Å². The highest BCUT2D eigenvalue weighted by atomic mass is 19.4. The zero-order valence-corrected chi connectivity index (χ0v) is 12.0. The Bertz CT molecular complexity index is 531. The van der Waals surface area contributed by atoms with E-state index in [1.165, 1.54) is 12.1 Å². The van der Waals surface area contributed by atoms with Gasteiger partial charge >= 0.3 is 12.1 Å². The van der Waals surface area contributed by atoms with Crippen LogP contribution in [0, 0.1) is 0 Å². The highest BCUT2D eigenvalue weighted by molar-refractivity contribution is 5.83. The summed E-state index contributed by atoms with van der Waals surface area (Å²) in [4.78, 5) is 13.1. The number of ether oxygens (including phenoxy) is 2. The summed E-state index contributed by atoms with van der Waals surface area (Å²) in [6.07, 6.45) is -5.26. The molecule has 8 heteroatoms. The second kappa shape index (κ2) is 5.80. The molecular weight excluding hydrogens is 291 g/mol. The van der Waals surface area contributed by atoms with Gasteiger partial charge in [0.25, 0.3) is 5.60 Å². The summed E-state index contributed by atoms with van der Waals surface area (Å²) >= 11 is 0. The zero-order valence-electron chi connectivity index (χ0n) is 12.0. The zero-order chi connectivity index (χ0) is 16.4. The van der Waals surface area contributed by atoms with Crippen LogP contribution in [0.1, 0.15) is 5.56 Å². The van der Waals surface area contributed by atoms with Crippen molar-refractivity contribution in [2.75, 3.05) is 33.2 Å². The fraction of sp³-hybridized carbons (Fsp3) is 0.462. The third kappa shape index (κ3) is 2.90. The standard InChI is InChI=1S/C13H16F3NO4/c1-17(2)8-5-6-9(10(7-8)20-3)12(19,11(18)21-4)13(14,15)16/h5-7,19H,1-4H3. The quantitative estimate of drug-likeness (QED) is 0.858. The molecule has 0 saturated carbocycles. The molecule has 1 aromatic rings. The van der Waals surface area contributed by atoms with Crippen LogP contribution >= 0.6 is 0 Å². The van der Waals surface area contributed by atoms with Crippen molar-refractivity contribution in [3.8, 4) is 5.75 Å². The molecule has 0 fully saturated rings. The molecule has 0 aliphatic rings. The van der Waals surface area contributed by atoms with Gasteiger partial charge in [0.2, 0.25) is 0 Å². The molecule has 0 spiro atoms. The number of halogens is 3. The van der Waals surface area contributed by atoms with Gasteiger partial charge in [-0.2, -0.15) is 13.2 Å². The molecule has 1 rings (SSSR count). The number of aliphatic hydroxyl groups is 1. The molecule has 0 radical (unpaired) electrons. The first-order valence-electron chi connectivity index (χ1n) is 5.83. The average molecular weight is 307 g/mol. The first kappa shape index (κ1) is 17.1. The maximum atomic E-state index is 13.2. The Labute approximate surface area is 119 Å². The minimum atomic E-state index is -5.26. The van der Waals surface area contributed by atoms with E-state index in [0.717, 1.165) is 20.3 Å². The normalized spacial score (nSPS) is 14.3. The Morgan fingerprint density at radius 2 is 1.81 bits per heavy atom. The number of anilines is 1. The lowest BCUT2D eigenvalue weighted by molar-refractivity contribution is -0.267. The van der Waals surface area contributed by atoms with Gasteiger partial charge in [0.05, 0.1) is 14.2 Å². The largest absolute Gasteiger partial charge is 0.496 e. The highest BCUT2D eigenvalue weighted by Crippen LogP contribution is 2.44. The van der Waals surface area contributed by atoms with E-state index >= 15 is 0 Å². The number of alkyl halides is 3. The lowest BCUT2D eigenvalue weighted by Gasteiger charge is -2.29. The number of carbonyl (C=O) groups is 1. The molecular formula is C13H16F3NO4. The fourth-order valence-corrected chi connectivity index (χ4v) is 1.78. The van der Waals surface area contributed by atoms with Crippen molar-refractivity contribution >= 4 is 11.7 Å². The Hall–Kier alpha value is -1.96. The van der Waals surface area contributed by atoms with Crippen molar-refractivity contribution in [3.05, 3.63) is 23.8 Å². The molecule has 5 nitrogen and oxygen atoms in total. The maximum absolute atomic E-state index is 13.2. The van der Waals surface area contributed by atoms with Crippen LogP contribution in [0.25, 0.3) is 0 Å². The Morgan fingerprint density at radius 3 is 2.19 bits per heavy atom. The summed E-state index contributed by atoms with van der Waals surface area (Å²) in [6.45, 7) is 0. The predicted molar refractivity (Wildman–Crippen MR) is 69.3 cm³/mol. The number of benzene rings is 1. The van der Waals surface area contributed by atoms with E-state index in [0.29, 0.717) is 5.69 Å². The second-order valence-corrected chi connectivity index (χ2v) is 4.48. The molecule has 0 bridgehead atoms. The molecule has 0 heterocycles. The molecule has 1 atom stereocenters. The molecule has 21 heavy (non-hydrogen) atoms. The smallest absolute Gasteiger partial charge is 0.432 e. The van der Waals surface area contributed by atoms with Crippen LogP contribution in [0.15, 0.2) is 18.2 Å². The van der Waals surface area contributed by atoms with Crippen molar-refractivity contribution in [1.82, 2.24) is 0 Å². The number of hydrogen-bond acceptors (Lipinski definition) is 5. The first-order chi connectivity index (χ1) is 9.59. The Kier molecular flexibility index (Phi) is 4.72. The van der Waals surface area contributed by atoms with E-state index in [1.54, 1.807) is 19.0 Å². The number of methoxy groups -OCH3 is 2. The summed E-state index contributed by atoms with van der Waals surface area (Å²) in [6, 6.07) is 3.60. The molecule has 1 aromatic carbocycles. The van der Waals surface area contributed by atoms with Crippen LogP contribution in [0.5, 0.6) is 5.75 Å². The lowest BCUT2D eigenvalue weighted by atomic mass is 9.91. The number of rotatable bonds is 4. The molecule has 0 saturated heterocycles.